The zero-order valence-corrected chi connectivity index (χ0v) is 28.2. The van der Waals surface area contributed by atoms with Crippen LogP contribution in [0.5, 0.6) is 0 Å². The maximum atomic E-state index is 14.1. The normalized spacial score (nSPS) is 19.5. The molecule has 2 fully saturated rings. The number of hydrogen-bond acceptors (Lipinski definition) is 5. The van der Waals surface area contributed by atoms with Crippen LogP contribution in [0.3, 0.4) is 0 Å². The fourth-order valence-electron chi connectivity index (χ4n) is 7.06. The lowest BCUT2D eigenvalue weighted by Crippen LogP contribution is -2.52. The molecule has 2 aliphatic rings. The van der Waals surface area contributed by atoms with Crippen LogP contribution < -0.4 is 16.3 Å². The maximum absolute atomic E-state index is 14.1. The highest BCUT2D eigenvalue weighted by Crippen LogP contribution is 2.32. The fraction of sp³-hybridized carbons (Fsp3) is 0.417. The molecule has 0 unspecified atom stereocenters. The van der Waals surface area contributed by atoms with Crippen molar-refractivity contribution in [2.24, 2.45) is 5.92 Å². The summed E-state index contributed by atoms with van der Waals surface area (Å²) in [6.45, 7) is 3.58. The van der Waals surface area contributed by atoms with Gasteiger partial charge in [0, 0.05) is 30.8 Å². The number of nitrogens with zero attached hydrogens (tertiary/aromatic N) is 6. The molecule has 262 valence electrons. The van der Waals surface area contributed by atoms with Crippen LogP contribution in [0.2, 0.25) is 0 Å². The molecular weight excluding hydrogens is 649 g/mol. The first kappa shape index (κ1) is 34.7. The molecule has 0 radical (unpaired) electrons. The van der Waals surface area contributed by atoms with Gasteiger partial charge in [0.25, 0.3) is 0 Å². The van der Waals surface area contributed by atoms with Crippen molar-refractivity contribution in [3.63, 3.8) is 0 Å². The average Bonchev–Trinajstić information content (AvgIpc) is 3.67. The highest BCUT2D eigenvalue weighted by molar-refractivity contribution is 5.84. The molecule has 2 amide bonds. The molecule has 1 saturated heterocycles. The van der Waals surface area contributed by atoms with E-state index in [-0.39, 0.29) is 41.0 Å². The molecule has 0 bridgehead atoms. The average molecular weight is 690 g/mol. The van der Waals surface area contributed by atoms with Crippen molar-refractivity contribution in [3.8, 4) is 28.8 Å². The minimum absolute atomic E-state index is 0.0374. The topological polar surface area (TPSA) is 127 Å². The third kappa shape index (κ3) is 7.09. The van der Waals surface area contributed by atoms with Crippen molar-refractivity contribution >= 4 is 11.9 Å². The lowest BCUT2D eigenvalue weighted by Gasteiger charge is -2.38. The summed E-state index contributed by atoms with van der Waals surface area (Å²) in [5.74, 6) is -0.132. The largest absolute Gasteiger partial charge is 0.416 e. The molecule has 3 heterocycles. The number of halogens is 3. The summed E-state index contributed by atoms with van der Waals surface area (Å²) in [4.78, 5) is 41.3. The van der Waals surface area contributed by atoms with Gasteiger partial charge in [-0.1, -0.05) is 6.07 Å². The molecule has 0 spiro atoms. The zero-order valence-electron chi connectivity index (χ0n) is 28.2. The number of nitrogens with one attached hydrogen (secondary N) is 2. The standard InChI is InChI=1S/C36H39F3N8O3/c1-23-32(31-15-18-41-46(31)29-13-7-24(22-40)8-14-29)45(35(50)44(23)30-6-4-5-26(21-30)36(37,38)39)34(49)43-27-11-9-25(10-12-27)33(48)42-28-16-19-47(2,3)20-17-28/h4-8,13-15,18,21,25,27-28H,9-12,16-17,19-20H2,1-3H3,(H-,42,43,48,49)/p+1. The number of amides is 2. The summed E-state index contributed by atoms with van der Waals surface area (Å²) >= 11 is 0. The summed E-state index contributed by atoms with van der Waals surface area (Å²) in [5.41, 5.74) is -0.141. The Bertz CT molecular complexity index is 1980. The van der Waals surface area contributed by atoms with Crippen LogP contribution in [-0.4, -0.2) is 74.6 Å². The molecule has 1 aliphatic carbocycles. The molecule has 4 aromatic rings. The minimum Gasteiger partial charge on any atom is -0.353 e. The Morgan fingerprint density at radius 1 is 0.920 bits per heavy atom. The number of nitriles is 1. The van der Waals surface area contributed by atoms with Gasteiger partial charge in [-0.05, 0) is 81.1 Å². The van der Waals surface area contributed by atoms with E-state index < -0.39 is 23.5 Å². The predicted molar refractivity (Wildman–Crippen MR) is 180 cm³/mol. The Morgan fingerprint density at radius 3 is 2.22 bits per heavy atom. The van der Waals surface area contributed by atoms with Gasteiger partial charge in [-0.3, -0.25) is 9.36 Å². The number of aromatic nitrogens is 4. The number of carbonyl (C=O) groups is 2. The SMILES string of the molecule is Cc1c(-c2ccnn2-c2ccc(C#N)cc2)n(C(=O)NC2CCC(C(=O)NC3CC[N+](C)(C)CC3)CC2)c(=O)n1-c1cccc(C(F)(F)F)c1. The molecule has 50 heavy (non-hydrogen) atoms. The first-order valence-corrected chi connectivity index (χ1v) is 16.8. The van der Waals surface area contributed by atoms with Gasteiger partial charge in [0.2, 0.25) is 5.91 Å². The van der Waals surface area contributed by atoms with Gasteiger partial charge >= 0.3 is 17.9 Å². The highest BCUT2D eigenvalue weighted by Gasteiger charge is 2.34. The predicted octanol–water partition coefficient (Wildman–Crippen LogP) is 5.16. The van der Waals surface area contributed by atoms with E-state index in [0.29, 0.717) is 42.6 Å². The first-order valence-electron chi connectivity index (χ1n) is 16.8. The van der Waals surface area contributed by atoms with Crippen molar-refractivity contribution in [2.75, 3.05) is 27.2 Å². The van der Waals surface area contributed by atoms with E-state index in [9.17, 15) is 32.8 Å². The van der Waals surface area contributed by atoms with E-state index in [0.717, 1.165) is 51.7 Å². The molecule has 11 nitrogen and oxygen atoms in total. The first-order chi connectivity index (χ1) is 23.8. The Balaban J connectivity index is 1.28. The highest BCUT2D eigenvalue weighted by atomic mass is 19.4. The van der Waals surface area contributed by atoms with Crippen LogP contribution in [0.4, 0.5) is 18.0 Å². The molecule has 0 atom stereocenters. The molecule has 6 rings (SSSR count). The number of imidazole rings is 1. The Kier molecular flexibility index (Phi) is 9.46. The lowest BCUT2D eigenvalue weighted by molar-refractivity contribution is -0.895. The fourth-order valence-corrected chi connectivity index (χ4v) is 7.06. The summed E-state index contributed by atoms with van der Waals surface area (Å²) in [5, 5.41) is 19.8. The van der Waals surface area contributed by atoms with Gasteiger partial charge in [-0.2, -0.15) is 23.5 Å². The van der Waals surface area contributed by atoms with Crippen LogP contribution in [0.25, 0.3) is 22.8 Å². The number of alkyl halides is 3. The van der Waals surface area contributed by atoms with E-state index in [4.69, 9.17) is 0 Å². The number of carbonyl (C=O) groups excluding carboxylic acids is 2. The summed E-state index contributed by atoms with van der Waals surface area (Å²) in [7, 11) is 4.38. The minimum atomic E-state index is -4.65. The number of benzene rings is 2. The summed E-state index contributed by atoms with van der Waals surface area (Å²) < 4.78 is 45.5. The lowest BCUT2D eigenvalue weighted by atomic mass is 9.85. The van der Waals surface area contributed by atoms with E-state index in [1.807, 2.05) is 0 Å². The molecule has 1 aliphatic heterocycles. The van der Waals surface area contributed by atoms with Crippen molar-refractivity contribution in [1.82, 2.24) is 29.5 Å². The van der Waals surface area contributed by atoms with E-state index >= 15 is 0 Å². The summed E-state index contributed by atoms with van der Waals surface area (Å²) in [6, 6.07) is 13.7. The van der Waals surface area contributed by atoms with E-state index in [1.54, 1.807) is 37.3 Å². The Hall–Kier alpha value is -5.16. The van der Waals surface area contributed by atoms with Crippen LogP contribution >= 0.6 is 0 Å². The number of hydrogen-bond donors (Lipinski definition) is 2. The zero-order chi connectivity index (χ0) is 35.8. The van der Waals surface area contributed by atoms with Crippen LogP contribution in [-0.2, 0) is 11.0 Å². The van der Waals surface area contributed by atoms with Gasteiger partial charge in [-0.25, -0.2) is 18.8 Å². The smallest absolute Gasteiger partial charge is 0.353 e. The Labute approximate surface area is 287 Å². The van der Waals surface area contributed by atoms with Gasteiger partial charge in [-0.15, -0.1) is 0 Å². The van der Waals surface area contributed by atoms with Crippen LogP contribution in [0, 0.1) is 24.2 Å². The second-order valence-corrected chi connectivity index (χ2v) is 13.9. The van der Waals surface area contributed by atoms with Crippen molar-refractivity contribution in [3.05, 3.63) is 88.1 Å². The molecular formula is C36H40F3N8O3+. The number of rotatable bonds is 6. The van der Waals surface area contributed by atoms with Gasteiger partial charge in [0.1, 0.15) is 5.69 Å². The monoisotopic (exact) mass is 689 g/mol. The van der Waals surface area contributed by atoms with Crippen molar-refractivity contribution < 1.29 is 27.2 Å². The van der Waals surface area contributed by atoms with Crippen LogP contribution in [0.1, 0.15) is 55.3 Å². The van der Waals surface area contributed by atoms with Crippen molar-refractivity contribution in [2.45, 2.75) is 63.7 Å². The quantitative estimate of drug-likeness (QED) is 0.271. The number of quaternary nitrogens is 1. The van der Waals surface area contributed by atoms with E-state index in [1.165, 1.54) is 23.0 Å². The summed E-state index contributed by atoms with van der Waals surface area (Å²) in [6.07, 6.45) is 0.909. The molecule has 1 saturated carbocycles. The van der Waals surface area contributed by atoms with E-state index in [2.05, 4.69) is 35.9 Å². The van der Waals surface area contributed by atoms with Crippen LogP contribution in [0.15, 0.2) is 65.6 Å². The number of piperidine rings is 1. The second kappa shape index (κ2) is 13.6. The third-order valence-electron chi connectivity index (χ3n) is 9.98. The Morgan fingerprint density at radius 2 is 1.58 bits per heavy atom. The van der Waals surface area contributed by atoms with Gasteiger partial charge in [0.05, 0.1) is 73.3 Å². The second-order valence-electron chi connectivity index (χ2n) is 13.9. The third-order valence-corrected chi connectivity index (χ3v) is 9.98. The molecule has 2 aromatic carbocycles. The van der Waals surface area contributed by atoms with Gasteiger partial charge in [0.15, 0.2) is 0 Å². The molecule has 2 N–H and O–H groups in total. The number of likely N-dealkylation sites (tertiary alicyclic amines) is 1. The van der Waals surface area contributed by atoms with Gasteiger partial charge < -0.3 is 15.1 Å². The van der Waals surface area contributed by atoms with Crippen molar-refractivity contribution in [1.29, 1.82) is 5.26 Å². The molecule has 2 aromatic heterocycles. The maximum Gasteiger partial charge on any atom is 0.416 e. The molecule has 14 heteroatoms.